The van der Waals surface area contributed by atoms with Crippen molar-refractivity contribution >= 4 is 15.9 Å². The molecule has 0 unspecified atom stereocenters. The summed E-state index contributed by atoms with van der Waals surface area (Å²) in [6.45, 7) is 2.86. The van der Waals surface area contributed by atoms with Gasteiger partial charge in [0.1, 0.15) is 5.75 Å². The molecule has 37 heavy (non-hydrogen) atoms. The van der Waals surface area contributed by atoms with E-state index in [4.69, 9.17) is 4.74 Å². The average molecular weight is 522 g/mol. The van der Waals surface area contributed by atoms with Crippen molar-refractivity contribution in [3.05, 3.63) is 95.6 Å². The first-order valence-corrected chi connectivity index (χ1v) is 14.0. The van der Waals surface area contributed by atoms with Gasteiger partial charge in [-0.25, -0.2) is 12.7 Å². The molecule has 0 radical (unpaired) electrons. The number of hydrogen-bond acceptors (Lipinski definition) is 5. The topological polar surface area (TPSA) is 70.2 Å². The highest BCUT2D eigenvalue weighted by molar-refractivity contribution is 7.89. The molecule has 1 aliphatic rings. The molecule has 0 aromatic heterocycles. The van der Waals surface area contributed by atoms with Crippen molar-refractivity contribution in [2.24, 2.45) is 0 Å². The number of benzene rings is 3. The molecule has 0 N–H and O–H groups in total. The first-order chi connectivity index (χ1) is 17.8. The maximum absolute atomic E-state index is 13.1. The van der Waals surface area contributed by atoms with Gasteiger partial charge in [-0.2, -0.15) is 0 Å². The molecule has 0 aliphatic carbocycles. The minimum atomic E-state index is -3.57. The molecule has 1 fully saturated rings. The summed E-state index contributed by atoms with van der Waals surface area (Å²) < 4.78 is 31.7. The Kier molecular flexibility index (Phi) is 8.63. The van der Waals surface area contributed by atoms with E-state index in [1.54, 1.807) is 19.2 Å². The number of methoxy groups -OCH3 is 1. The van der Waals surface area contributed by atoms with Crippen LogP contribution in [0.3, 0.4) is 0 Å². The highest BCUT2D eigenvalue weighted by Crippen LogP contribution is 2.30. The van der Waals surface area contributed by atoms with Crippen molar-refractivity contribution in [2.45, 2.75) is 23.8 Å². The van der Waals surface area contributed by atoms with Crippen LogP contribution in [0.15, 0.2) is 83.8 Å². The molecular weight excluding hydrogens is 486 g/mol. The fourth-order valence-electron chi connectivity index (χ4n) is 4.84. The maximum Gasteiger partial charge on any atom is 0.242 e. The molecule has 0 spiro atoms. The molecule has 196 valence electrons. The van der Waals surface area contributed by atoms with Crippen LogP contribution < -0.4 is 4.74 Å². The first-order valence-electron chi connectivity index (χ1n) is 12.5. The van der Waals surface area contributed by atoms with E-state index >= 15 is 0 Å². The number of aryl methyl sites for hydroxylation is 1. The van der Waals surface area contributed by atoms with Crippen molar-refractivity contribution in [2.75, 3.05) is 47.4 Å². The Morgan fingerprint density at radius 3 is 1.97 bits per heavy atom. The van der Waals surface area contributed by atoms with Crippen LogP contribution in [0.25, 0.3) is 0 Å². The zero-order valence-corrected chi connectivity index (χ0v) is 22.5. The van der Waals surface area contributed by atoms with Gasteiger partial charge in [-0.05, 0) is 41.3 Å². The second-order valence-electron chi connectivity index (χ2n) is 9.40. The van der Waals surface area contributed by atoms with Gasteiger partial charge in [-0.1, -0.05) is 60.7 Å². The minimum Gasteiger partial charge on any atom is -0.496 e. The Morgan fingerprint density at radius 1 is 0.892 bits per heavy atom. The predicted octanol–water partition coefficient (Wildman–Crippen LogP) is 3.81. The van der Waals surface area contributed by atoms with Crippen LogP contribution in [0.2, 0.25) is 0 Å². The van der Waals surface area contributed by atoms with Crippen LogP contribution in [-0.4, -0.2) is 75.8 Å². The van der Waals surface area contributed by atoms with Gasteiger partial charge in [0.15, 0.2) is 0 Å². The lowest BCUT2D eigenvalue weighted by Gasteiger charge is -2.40. The summed E-state index contributed by atoms with van der Waals surface area (Å²) in [5.41, 5.74) is 3.20. The monoisotopic (exact) mass is 521 g/mol. The highest BCUT2D eigenvalue weighted by Gasteiger charge is 2.28. The molecule has 8 heteroatoms. The molecule has 0 bridgehead atoms. The van der Waals surface area contributed by atoms with E-state index in [1.807, 2.05) is 17.0 Å². The van der Waals surface area contributed by atoms with E-state index in [9.17, 15) is 13.2 Å². The van der Waals surface area contributed by atoms with Crippen LogP contribution in [0.1, 0.15) is 29.2 Å². The number of nitrogens with zero attached hydrogens (tertiary/aromatic N) is 3. The summed E-state index contributed by atoms with van der Waals surface area (Å²) in [6, 6.07) is 25.9. The van der Waals surface area contributed by atoms with E-state index in [2.05, 4.69) is 53.4 Å². The van der Waals surface area contributed by atoms with Crippen molar-refractivity contribution in [1.29, 1.82) is 0 Å². The molecule has 1 amide bonds. The molecule has 0 atom stereocenters. The largest absolute Gasteiger partial charge is 0.496 e. The number of hydrogen-bond donors (Lipinski definition) is 0. The smallest absolute Gasteiger partial charge is 0.242 e. The SMILES string of the molecule is COc1ccc(S(=O)(=O)N(C)C)cc1CCC(=O)N1CCN(C(c2ccccc2)c2ccccc2)CC1. The maximum atomic E-state index is 13.1. The van der Waals surface area contributed by atoms with E-state index in [0.717, 1.165) is 13.1 Å². The lowest BCUT2D eigenvalue weighted by Crippen LogP contribution is -2.49. The zero-order valence-electron chi connectivity index (χ0n) is 21.7. The number of piperazine rings is 1. The summed E-state index contributed by atoms with van der Waals surface area (Å²) in [7, 11) is 0.990. The van der Waals surface area contributed by atoms with Crippen LogP contribution in [0.4, 0.5) is 0 Å². The Hall–Kier alpha value is -3.20. The number of carbonyl (C=O) groups is 1. The first kappa shape index (κ1) is 26.9. The molecule has 0 saturated carbocycles. The van der Waals surface area contributed by atoms with Crippen molar-refractivity contribution in [3.63, 3.8) is 0 Å². The van der Waals surface area contributed by atoms with Crippen LogP contribution in [0.5, 0.6) is 5.75 Å². The standard InChI is InChI=1S/C29H35N3O4S/c1-30(2)37(34,35)26-15-16-27(36-3)25(22-26)14-17-28(33)31-18-20-32(21-19-31)29(23-10-6-4-7-11-23)24-12-8-5-9-13-24/h4-13,15-16,22,29H,14,17-21H2,1-3H3. The molecule has 3 aromatic carbocycles. The van der Waals surface area contributed by atoms with E-state index in [1.165, 1.54) is 35.6 Å². The fraction of sp³-hybridized carbons (Fsp3) is 0.345. The number of rotatable bonds is 9. The van der Waals surface area contributed by atoms with Gasteiger partial charge >= 0.3 is 0 Å². The summed E-state index contributed by atoms with van der Waals surface area (Å²) in [5, 5.41) is 0. The molecule has 4 rings (SSSR count). The van der Waals surface area contributed by atoms with E-state index in [-0.39, 0.29) is 16.8 Å². The fourth-order valence-corrected chi connectivity index (χ4v) is 5.79. The quantitative estimate of drug-likeness (QED) is 0.428. The molecular formula is C29H35N3O4S. The molecule has 1 heterocycles. The van der Waals surface area contributed by atoms with Crippen molar-refractivity contribution in [1.82, 2.24) is 14.1 Å². The lowest BCUT2D eigenvalue weighted by atomic mass is 9.96. The van der Waals surface area contributed by atoms with Crippen molar-refractivity contribution in [3.8, 4) is 5.75 Å². The third-order valence-electron chi connectivity index (χ3n) is 6.90. The summed E-state index contributed by atoms with van der Waals surface area (Å²) in [6.07, 6.45) is 0.707. The van der Waals surface area contributed by atoms with Gasteiger partial charge in [0.25, 0.3) is 0 Å². The zero-order chi connectivity index (χ0) is 26.4. The second kappa shape index (κ2) is 11.9. The van der Waals surface area contributed by atoms with E-state index in [0.29, 0.717) is 37.2 Å². The Morgan fingerprint density at radius 2 is 1.46 bits per heavy atom. The summed E-state index contributed by atoms with van der Waals surface area (Å²) in [4.78, 5) is 17.7. The lowest BCUT2D eigenvalue weighted by molar-refractivity contribution is -0.133. The normalized spacial score (nSPS) is 14.8. The van der Waals surface area contributed by atoms with Crippen LogP contribution in [0, 0.1) is 0 Å². The highest BCUT2D eigenvalue weighted by atomic mass is 32.2. The van der Waals surface area contributed by atoms with Gasteiger partial charge in [0, 0.05) is 46.7 Å². The van der Waals surface area contributed by atoms with Crippen LogP contribution >= 0.6 is 0 Å². The molecule has 3 aromatic rings. The van der Waals surface area contributed by atoms with E-state index < -0.39 is 10.0 Å². The third kappa shape index (κ3) is 6.21. The van der Waals surface area contributed by atoms with Gasteiger partial charge < -0.3 is 9.64 Å². The minimum absolute atomic E-state index is 0.0681. The van der Waals surface area contributed by atoms with Gasteiger partial charge in [-0.15, -0.1) is 0 Å². The average Bonchev–Trinajstić information content (AvgIpc) is 2.93. The second-order valence-corrected chi connectivity index (χ2v) is 11.6. The van der Waals surface area contributed by atoms with Gasteiger partial charge in [-0.3, -0.25) is 9.69 Å². The molecule has 1 saturated heterocycles. The predicted molar refractivity (Wildman–Crippen MR) is 145 cm³/mol. The summed E-state index contributed by atoms with van der Waals surface area (Å²) in [5.74, 6) is 0.655. The molecule has 1 aliphatic heterocycles. The Labute approximate surface area is 220 Å². The van der Waals surface area contributed by atoms with Gasteiger partial charge in [0.2, 0.25) is 15.9 Å². The number of sulfonamides is 1. The Bertz CT molecular complexity index is 1250. The van der Waals surface area contributed by atoms with Crippen molar-refractivity contribution < 1.29 is 17.9 Å². The number of carbonyl (C=O) groups excluding carboxylic acids is 1. The van der Waals surface area contributed by atoms with Gasteiger partial charge in [0.05, 0.1) is 18.0 Å². The Balaban J connectivity index is 1.41. The van der Waals surface area contributed by atoms with Crippen LogP contribution in [-0.2, 0) is 21.2 Å². The number of amides is 1. The third-order valence-corrected chi connectivity index (χ3v) is 8.71. The number of ether oxygens (including phenoxy) is 1. The molecule has 7 nitrogen and oxygen atoms in total. The summed E-state index contributed by atoms with van der Waals surface area (Å²) >= 11 is 0.